The molecule has 0 bridgehead atoms. The van der Waals surface area contributed by atoms with Gasteiger partial charge in [0.1, 0.15) is 5.69 Å². The summed E-state index contributed by atoms with van der Waals surface area (Å²) in [5.74, 6) is 5.88. The van der Waals surface area contributed by atoms with Gasteiger partial charge in [0.15, 0.2) is 0 Å². The lowest BCUT2D eigenvalue weighted by Crippen LogP contribution is -2.14. The number of carbonyl (C=O) groups is 1. The van der Waals surface area contributed by atoms with Gasteiger partial charge in [-0.15, -0.1) is 0 Å². The summed E-state index contributed by atoms with van der Waals surface area (Å²) >= 11 is 0. The van der Waals surface area contributed by atoms with Crippen molar-refractivity contribution in [1.29, 1.82) is 0 Å². The van der Waals surface area contributed by atoms with Gasteiger partial charge in [0.05, 0.1) is 22.8 Å². The molecule has 4 rings (SSSR count). The van der Waals surface area contributed by atoms with Crippen molar-refractivity contribution in [1.82, 2.24) is 25.1 Å². The number of aromatic amines is 2. The molecule has 25 heavy (non-hydrogen) atoms. The molecule has 0 radical (unpaired) electrons. The van der Waals surface area contributed by atoms with Crippen LogP contribution in [-0.2, 0) is 0 Å². The van der Waals surface area contributed by atoms with Crippen LogP contribution in [0.25, 0.3) is 11.0 Å². The van der Waals surface area contributed by atoms with Crippen LogP contribution in [0.4, 0.5) is 5.95 Å². The molecule has 0 spiro atoms. The standard InChI is InChI=1S/C18H12N6O/c25-17(23-18-21-14-5-1-2-6-15(14)22-18)16-13(11-20-24-16)8-7-12-4-3-9-19-10-12/h1-6,9-11H,(H,20,24)(H2,21,22,23,25). The van der Waals surface area contributed by atoms with Gasteiger partial charge in [-0.25, -0.2) is 4.98 Å². The molecule has 0 aliphatic rings. The van der Waals surface area contributed by atoms with E-state index in [-0.39, 0.29) is 11.6 Å². The summed E-state index contributed by atoms with van der Waals surface area (Å²) in [5, 5.41) is 9.29. The summed E-state index contributed by atoms with van der Waals surface area (Å²) in [6.07, 6.45) is 4.84. The van der Waals surface area contributed by atoms with Gasteiger partial charge in [-0.3, -0.25) is 20.2 Å². The second kappa shape index (κ2) is 6.29. The first-order chi connectivity index (χ1) is 12.3. The predicted molar refractivity (Wildman–Crippen MR) is 92.9 cm³/mol. The second-order valence-electron chi connectivity index (χ2n) is 5.21. The fraction of sp³-hybridized carbons (Fsp3) is 0. The number of benzene rings is 1. The van der Waals surface area contributed by atoms with Crippen LogP contribution >= 0.6 is 0 Å². The lowest BCUT2D eigenvalue weighted by Gasteiger charge is -1.99. The predicted octanol–water partition coefficient (Wildman–Crippen LogP) is 2.33. The molecule has 3 N–H and O–H groups in total. The zero-order valence-corrected chi connectivity index (χ0v) is 12.9. The molecule has 7 heteroatoms. The lowest BCUT2D eigenvalue weighted by molar-refractivity contribution is 0.102. The van der Waals surface area contributed by atoms with Crippen LogP contribution in [-0.4, -0.2) is 31.1 Å². The van der Waals surface area contributed by atoms with Gasteiger partial charge >= 0.3 is 0 Å². The number of nitrogens with one attached hydrogen (secondary N) is 3. The van der Waals surface area contributed by atoms with E-state index in [1.165, 1.54) is 6.20 Å². The summed E-state index contributed by atoms with van der Waals surface area (Å²) in [6, 6.07) is 11.2. The molecule has 0 aliphatic carbocycles. The van der Waals surface area contributed by atoms with Crippen LogP contribution in [0.2, 0.25) is 0 Å². The molecule has 1 amide bonds. The minimum atomic E-state index is -0.368. The number of H-pyrrole nitrogens is 2. The van der Waals surface area contributed by atoms with E-state index in [9.17, 15) is 4.79 Å². The Hall–Kier alpha value is -3.92. The highest BCUT2D eigenvalue weighted by Gasteiger charge is 2.14. The van der Waals surface area contributed by atoms with Crippen LogP contribution < -0.4 is 5.32 Å². The maximum absolute atomic E-state index is 12.5. The lowest BCUT2D eigenvalue weighted by atomic mass is 10.2. The van der Waals surface area contributed by atoms with Gasteiger partial charge in [0, 0.05) is 18.0 Å². The number of aromatic nitrogens is 5. The molecule has 7 nitrogen and oxygen atoms in total. The third-order valence-corrected chi connectivity index (χ3v) is 3.49. The first-order valence-corrected chi connectivity index (χ1v) is 7.51. The van der Waals surface area contributed by atoms with Crippen molar-refractivity contribution in [3.05, 3.63) is 71.8 Å². The fourth-order valence-electron chi connectivity index (χ4n) is 2.31. The van der Waals surface area contributed by atoms with E-state index >= 15 is 0 Å². The van der Waals surface area contributed by atoms with Gasteiger partial charge < -0.3 is 4.98 Å². The number of pyridine rings is 1. The van der Waals surface area contributed by atoms with Crippen LogP contribution in [0.1, 0.15) is 21.6 Å². The van der Waals surface area contributed by atoms with E-state index in [2.05, 4.69) is 42.3 Å². The molecule has 1 aromatic carbocycles. The minimum Gasteiger partial charge on any atom is -0.324 e. The van der Waals surface area contributed by atoms with Gasteiger partial charge in [0.25, 0.3) is 5.91 Å². The van der Waals surface area contributed by atoms with Crippen LogP contribution in [0.15, 0.2) is 55.0 Å². The molecule has 120 valence electrons. The molecule has 0 saturated heterocycles. The summed E-state index contributed by atoms with van der Waals surface area (Å²) < 4.78 is 0. The minimum absolute atomic E-state index is 0.275. The Labute approximate surface area is 142 Å². The Morgan fingerprint density at radius 2 is 2.00 bits per heavy atom. The quantitative estimate of drug-likeness (QED) is 0.492. The molecular formula is C18H12N6O. The third kappa shape index (κ3) is 3.09. The van der Waals surface area contributed by atoms with Crippen LogP contribution in [0.5, 0.6) is 0 Å². The number of hydrogen-bond donors (Lipinski definition) is 3. The number of fused-ring (bicyclic) bond motifs is 1. The Morgan fingerprint density at radius 1 is 1.08 bits per heavy atom. The largest absolute Gasteiger partial charge is 0.324 e. The fourth-order valence-corrected chi connectivity index (χ4v) is 2.31. The maximum Gasteiger partial charge on any atom is 0.277 e. The van der Waals surface area contributed by atoms with Gasteiger partial charge in [-0.05, 0) is 24.3 Å². The van der Waals surface area contributed by atoms with Crippen molar-refractivity contribution in [2.75, 3.05) is 5.32 Å². The van der Waals surface area contributed by atoms with Crippen molar-refractivity contribution < 1.29 is 4.79 Å². The number of hydrogen-bond acceptors (Lipinski definition) is 4. The monoisotopic (exact) mass is 328 g/mol. The van der Waals surface area contributed by atoms with Crippen LogP contribution in [0, 0.1) is 11.8 Å². The van der Waals surface area contributed by atoms with Crippen molar-refractivity contribution in [2.24, 2.45) is 0 Å². The maximum atomic E-state index is 12.5. The molecule has 0 fully saturated rings. The topological polar surface area (TPSA) is 99.3 Å². The molecule has 3 aromatic heterocycles. The number of carbonyl (C=O) groups excluding carboxylic acids is 1. The van der Waals surface area contributed by atoms with E-state index in [4.69, 9.17) is 0 Å². The van der Waals surface area contributed by atoms with Crippen LogP contribution in [0.3, 0.4) is 0 Å². The van der Waals surface area contributed by atoms with Gasteiger partial charge in [-0.2, -0.15) is 5.10 Å². The van der Waals surface area contributed by atoms with Crippen molar-refractivity contribution >= 4 is 22.9 Å². The van der Waals surface area contributed by atoms with E-state index in [0.29, 0.717) is 11.5 Å². The van der Waals surface area contributed by atoms with E-state index < -0.39 is 0 Å². The Balaban J connectivity index is 1.57. The first-order valence-electron chi connectivity index (χ1n) is 7.51. The molecular weight excluding hydrogens is 316 g/mol. The van der Waals surface area contributed by atoms with Crippen molar-refractivity contribution in [3.63, 3.8) is 0 Å². The zero-order valence-electron chi connectivity index (χ0n) is 12.9. The average molecular weight is 328 g/mol. The van der Waals surface area contributed by atoms with Gasteiger partial charge in [0.2, 0.25) is 5.95 Å². The number of para-hydroxylation sites is 2. The molecule has 0 atom stereocenters. The highest BCUT2D eigenvalue weighted by molar-refractivity contribution is 6.04. The molecule has 0 saturated carbocycles. The summed E-state index contributed by atoms with van der Waals surface area (Å²) in [4.78, 5) is 23.8. The average Bonchev–Trinajstić information content (AvgIpc) is 3.27. The first kappa shape index (κ1) is 14.7. The Bertz CT molecular complexity index is 1070. The summed E-state index contributed by atoms with van der Waals surface area (Å²) in [6.45, 7) is 0. The summed E-state index contributed by atoms with van der Waals surface area (Å²) in [5.41, 5.74) is 3.15. The SMILES string of the molecule is O=C(Nc1nc2ccccc2[nH]1)c1[nH]ncc1C#Cc1cccnc1. The number of imidazole rings is 1. The summed E-state index contributed by atoms with van der Waals surface area (Å²) in [7, 11) is 0. The molecule has 4 aromatic rings. The highest BCUT2D eigenvalue weighted by Crippen LogP contribution is 2.14. The van der Waals surface area contributed by atoms with Crippen molar-refractivity contribution in [3.8, 4) is 11.8 Å². The number of amides is 1. The van der Waals surface area contributed by atoms with E-state index in [1.807, 2.05) is 30.3 Å². The smallest absolute Gasteiger partial charge is 0.277 e. The second-order valence-corrected chi connectivity index (χ2v) is 5.21. The molecule has 0 unspecified atom stereocenters. The number of anilines is 1. The van der Waals surface area contributed by atoms with E-state index in [1.54, 1.807) is 18.5 Å². The Morgan fingerprint density at radius 3 is 2.84 bits per heavy atom. The number of nitrogens with zero attached hydrogens (tertiary/aromatic N) is 3. The van der Waals surface area contributed by atoms with E-state index in [0.717, 1.165) is 16.6 Å². The highest BCUT2D eigenvalue weighted by atomic mass is 16.2. The third-order valence-electron chi connectivity index (χ3n) is 3.49. The van der Waals surface area contributed by atoms with Crippen molar-refractivity contribution in [2.45, 2.75) is 0 Å². The number of rotatable bonds is 2. The zero-order chi connectivity index (χ0) is 17.1. The van der Waals surface area contributed by atoms with Gasteiger partial charge in [-0.1, -0.05) is 24.0 Å². The molecule has 0 aliphatic heterocycles. The normalized spacial score (nSPS) is 10.2. The molecule has 3 heterocycles. The Kier molecular flexibility index (Phi) is 3.69.